The van der Waals surface area contributed by atoms with Gasteiger partial charge in [-0.2, -0.15) is 0 Å². The van der Waals surface area contributed by atoms with Crippen LogP contribution in [0.1, 0.15) is 28.8 Å². The molecular formula is C17H19ClN2O2. The van der Waals surface area contributed by atoms with E-state index in [-0.39, 0.29) is 5.91 Å². The van der Waals surface area contributed by atoms with Crippen molar-refractivity contribution in [3.8, 4) is 0 Å². The van der Waals surface area contributed by atoms with Crippen molar-refractivity contribution >= 4 is 17.5 Å². The number of nitrogens with one attached hydrogen (secondary N) is 1. The van der Waals surface area contributed by atoms with E-state index in [4.69, 9.17) is 16.0 Å². The molecule has 22 heavy (non-hydrogen) atoms. The molecule has 0 unspecified atom stereocenters. The number of benzene rings is 1. The summed E-state index contributed by atoms with van der Waals surface area (Å²) in [5, 5.41) is 4.31. The van der Waals surface area contributed by atoms with Gasteiger partial charge in [-0.3, -0.25) is 4.79 Å². The molecule has 2 aromatic rings. The van der Waals surface area contributed by atoms with Crippen molar-refractivity contribution in [1.29, 1.82) is 0 Å². The molecule has 0 aliphatic carbocycles. The highest BCUT2D eigenvalue weighted by Crippen LogP contribution is 2.16. The number of halogens is 1. The van der Waals surface area contributed by atoms with E-state index in [1.165, 1.54) is 18.1 Å². The van der Waals surface area contributed by atoms with E-state index in [0.717, 1.165) is 37.5 Å². The van der Waals surface area contributed by atoms with Crippen LogP contribution < -0.4 is 5.32 Å². The van der Waals surface area contributed by atoms with Gasteiger partial charge >= 0.3 is 0 Å². The van der Waals surface area contributed by atoms with Gasteiger partial charge in [-0.05, 0) is 36.6 Å². The number of likely N-dealkylation sites (tertiary alicyclic amines) is 1. The average molecular weight is 319 g/mol. The maximum atomic E-state index is 12.2. The lowest BCUT2D eigenvalue weighted by molar-refractivity contribution is 0.0704. The number of nitrogens with zero attached hydrogens (tertiary/aromatic N) is 1. The Morgan fingerprint density at radius 2 is 2.14 bits per heavy atom. The number of carbonyl (C=O) groups is 1. The Balaban J connectivity index is 1.47. The minimum atomic E-state index is 0.0574. The fourth-order valence-corrected chi connectivity index (χ4v) is 2.98. The largest absolute Gasteiger partial charge is 0.472 e. The summed E-state index contributed by atoms with van der Waals surface area (Å²) in [5.74, 6) is 0.0574. The minimum absolute atomic E-state index is 0.0574. The standard InChI is InChI=1S/C17H19ClN2O2/c18-15-3-1-2-13(10-15)11-19-16-4-7-20(8-5-16)17(21)14-6-9-22-12-14/h1-3,6,9-10,12,16,19H,4-5,7-8,11H2. The third kappa shape index (κ3) is 3.70. The number of furan rings is 1. The Morgan fingerprint density at radius 3 is 2.82 bits per heavy atom. The first kappa shape index (κ1) is 15.1. The average Bonchev–Trinajstić information content (AvgIpc) is 3.07. The second kappa shape index (κ2) is 6.99. The zero-order valence-electron chi connectivity index (χ0n) is 12.3. The summed E-state index contributed by atoms with van der Waals surface area (Å²) in [6.07, 6.45) is 4.96. The lowest BCUT2D eigenvalue weighted by Gasteiger charge is -2.32. The van der Waals surface area contributed by atoms with Gasteiger partial charge in [0, 0.05) is 30.7 Å². The lowest BCUT2D eigenvalue weighted by Crippen LogP contribution is -2.44. The van der Waals surface area contributed by atoms with Crippen LogP contribution >= 0.6 is 11.6 Å². The van der Waals surface area contributed by atoms with Gasteiger partial charge in [0.15, 0.2) is 0 Å². The monoisotopic (exact) mass is 318 g/mol. The summed E-state index contributed by atoms with van der Waals surface area (Å²) in [7, 11) is 0. The number of hydrogen-bond donors (Lipinski definition) is 1. The molecule has 0 atom stereocenters. The summed E-state index contributed by atoms with van der Waals surface area (Å²) in [6.45, 7) is 2.36. The highest BCUT2D eigenvalue weighted by molar-refractivity contribution is 6.30. The number of amides is 1. The third-order valence-electron chi connectivity index (χ3n) is 4.03. The summed E-state index contributed by atoms with van der Waals surface area (Å²) in [6, 6.07) is 10.0. The van der Waals surface area contributed by atoms with Crippen LogP contribution in [0.3, 0.4) is 0 Å². The predicted molar refractivity (Wildman–Crippen MR) is 85.9 cm³/mol. The van der Waals surface area contributed by atoms with Gasteiger partial charge in [0.1, 0.15) is 6.26 Å². The van der Waals surface area contributed by atoms with Crippen molar-refractivity contribution in [2.75, 3.05) is 13.1 Å². The highest BCUT2D eigenvalue weighted by Gasteiger charge is 2.23. The van der Waals surface area contributed by atoms with Crippen LogP contribution in [0.4, 0.5) is 0 Å². The quantitative estimate of drug-likeness (QED) is 0.940. The molecule has 5 heteroatoms. The van der Waals surface area contributed by atoms with Crippen LogP contribution in [0.2, 0.25) is 5.02 Å². The summed E-state index contributed by atoms with van der Waals surface area (Å²) in [5.41, 5.74) is 1.81. The molecule has 2 heterocycles. The van der Waals surface area contributed by atoms with Gasteiger partial charge in [0.25, 0.3) is 5.91 Å². The molecule has 1 aromatic heterocycles. The van der Waals surface area contributed by atoms with E-state index in [2.05, 4.69) is 11.4 Å². The zero-order chi connectivity index (χ0) is 15.4. The molecule has 0 bridgehead atoms. The van der Waals surface area contributed by atoms with E-state index in [0.29, 0.717) is 11.6 Å². The second-order valence-corrected chi connectivity index (χ2v) is 6.03. The maximum Gasteiger partial charge on any atom is 0.257 e. The van der Waals surface area contributed by atoms with Crippen LogP contribution in [0, 0.1) is 0 Å². The Hall–Kier alpha value is -1.78. The highest BCUT2D eigenvalue weighted by atomic mass is 35.5. The summed E-state index contributed by atoms with van der Waals surface area (Å²) < 4.78 is 4.97. The third-order valence-corrected chi connectivity index (χ3v) is 4.27. The van der Waals surface area contributed by atoms with Gasteiger partial charge in [-0.15, -0.1) is 0 Å². The molecule has 1 aromatic carbocycles. The normalized spacial score (nSPS) is 16.0. The number of rotatable bonds is 4. The summed E-state index contributed by atoms with van der Waals surface area (Å²) in [4.78, 5) is 14.1. The first-order valence-electron chi connectivity index (χ1n) is 7.51. The molecule has 1 amide bonds. The SMILES string of the molecule is O=C(c1ccoc1)N1CCC(NCc2cccc(Cl)c2)CC1. The Labute approximate surface area is 135 Å². The van der Waals surface area contributed by atoms with Crippen LogP contribution in [0.25, 0.3) is 0 Å². The van der Waals surface area contributed by atoms with Crippen LogP contribution in [-0.2, 0) is 6.54 Å². The Bertz CT molecular complexity index is 619. The molecule has 0 spiro atoms. The van der Waals surface area contributed by atoms with Crippen molar-refractivity contribution in [2.24, 2.45) is 0 Å². The second-order valence-electron chi connectivity index (χ2n) is 5.59. The van der Waals surface area contributed by atoms with Gasteiger partial charge in [-0.25, -0.2) is 0 Å². The van der Waals surface area contributed by atoms with Crippen molar-refractivity contribution in [2.45, 2.75) is 25.4 Å². The Kier molecular flexibility index (Phi) is 4.80. The topological polar surface area (TPSA) is 45.5 Å². The van der Waals surface area contributed by atoms with Crippen molar-refractivity contribution < 1.29 is 9.21 Å². The minimum Gasteiger partial charge on any atom is -0.472 e. The maximum absolute atomic E-state index is 12.2. The smallest absolute Gasteiger partial charge is 0.257 e. The van der Waals surface area contributed by atoms with Gasteiger partial charge in [-0.1, -0.05) is 23.7 Å². The van der Waals surface area contributed by atoms with Gasteiger partial charge in [0.05, 0.1) is 11.8 Å². The van der Waals surface area contributed by atoms with E-state index >= 15 is 0 Å². The van der Waals surface area contributed by atoms with E-state index in [9.17, 15) is 4.79 Å². The molecule has 3 rings (SSSR count). The lowest BCUT2D eigenvalue weighted by atomic mass is 10.0. The van der Waals surface area contributed by atoms with Crippen LogP contribution in [0.5, 0.6) is 0 Å². The predicted octanol–water partition coefficient (Wildman–Crippen LogP) is 3.33. The Morgan fingerprint density at radius 1 is 1.32 bits per heavy atom. The number of carbonyl (C=O) groups excluding carboxylic acids is 1. The molecule has 1 saturated heterocycles. The fourth-order valence-electron chi connectivity index (χ4n) is 2.76. The molecule has 0 radical (unpaired) electrons. The molecule has 1 aliphatic heterocycles. The van der Waals surface area contributed by atoms with E-state index < -0.39 is 0 Å². The molecule has 1 fully saturated rings. The zero-order valence-corrected chi connectivity index (χ0v) is 13.1. The van der Waals surface area contributed by atoms with Gasteiger partial charge < -0.3 is 14.6 Å². The molecule has 1 aliphatic rings. The van der Waals surface area contributed by atoms with Gasteiger partial charge in [0.2, 0.25) is 0 Å². The molecule has 0 saturated carbocycles. The first-order valence-corrected chi connectivity index (χ1v) is 7.89. The van der Waals surface area contributed by atoms with E-state index in [1.807, 2.05) is 23.1 Å². The van der Waals surface area contributed by atoms with Crippen molar-refractivity contribution in [3.63, 3.8) is 0 Å². The van der Waals surface area contributed by atoms with E-state index in [1.54, 1.807) is 6.07 Å². The number of piperidine rings is 1. The molecule has 1 N–H and O–H groups in total. The number of hydrogen-bond acceptors (Lipinski definition) is 3. The first-order chi connectivity index (χ1) is 10.7. The van der Waals surface area contributed by atoms with Crippen LogP contribution in [-0.4, -0.2) is 29.9 Å². The van der Waals surface area contributed by atoms with Crippen molar-refractivity contribution in [1.82, 2.24) is 10.2 Å². The summed E-state index contributed by atoms with van der Waals surface area (Å²) >= 11 is 5.99. The molecule has 4 nitrogen and oxygen atoms in total. The molecule has 116 valence electrons. The molecular weight excluding hydrogens is 300 g/mol. The van der Waals surface area contributed by atoms with Crippen molar-refractivity contribution in [3.05, 3.63) is 59.0 Å². The van der Waals surface area contributed by atoms with Crippen LogP contribution in [0.15, 0.2) is 47.3 Å². The fraction of sp³-hybridized carbons (Fsp3) is 0.353.